The van der Waals surface area contributed by atoms with E-state index in [2.05, 4.69) is 20.4 Å². The number of ether oxygens (including phenoxy) is 2. The maximum Gasteiger partial charge on any atom is 0.338 e. The standard InChI is InChI=1S/C28H36N6O5S/c1-4-39-25(35)18-5-7-19(8-6-18)29-27(36)30-20-9-11-34(12-10-20)26-31-21-17-22(28(2,3)37)40-23(21)24(32-26)33-13-15-38-16-14-33/h5-8,17,20,37H,4,9-16H2,1-3H3,(H2,29,30,36). The van der Waals surface area contributed by atoms with Gasteiger partial charge in [-0.3, -0.25) is 0 Å². The summed E-state index contributed by atoms with van der Waals surface area (Å²) < 4.78 is 11.5. The molecule has 2 aliphatic rings. The number of carbonyl (C=O) groups is 2. The van der Waals surface area contributed by atoms with Crippen molar-refractivity contribution in [2.45, 2.75) is 45.3 Å². The Morgan fingerprint density at radius 3 is 2.45 bits per heavy atom. The molecule has 1 aromatic carbocycles. The van der Waals surface area contributed by atoms with Crippen LogP contribution in [-0.4, -0.2) is 79.1 Å². The average Bonchev–Trinajstić information content (AvgIpc) is 3.39. The van der Waals surface area contributed by atoms with Crippen LogP contribution in [0.2, 0.25) is 0 Å². The predicted octanol–water partition coefficient (Wildman–Crippen LogP) is 3.72. The number of carbonyl (C=O) groups excluding carboxylic acids is 2. The summed E-state index contributed by atoms with van der Waals surface area (Å²) in [7, 11) is 0. The van der Waals surface area contributed by atoms with Crippen molar-refractivity contribution < 1.29 is 24.2 Å². The molecule has 2 aliphatic heterocycles. The van der Waals surface area contributed by atoms with Crippen LogP contribution in [0.1, 0.15) is 48.8 Å². The number of nitrogens with zero attached hydrogens (tertiary/aromatic N) is 4. The van der Waals surface area contributed by atoms with E-state index in [1.165, 1.54) is 11.3 Å². The Bertz CT molecular complexity index is 1340. The fraction of sp³-hybridized carbons (Fsp3) is 0.500. The highest BCUT2D eigenvalue weighted by Gasteiger charge is 2.27. The number of fused-ring (bicyclic) bond motifs is 1. The number of thiophene rings is 1. The molecule has 2 aromatic heterocycles. The van der Waals surface area contributed by atoms with Gasteiger partial charge in [-0.15, -0.1) is 11.3 Å². The van der Waals surface area contributed by atoms with E-state index in [1.54, 1.807) is 45.0 Å². The van der Waals surface area contributed by atoms with Crippen LogP contribution in [0.5, 0.6) is 0 Å². The molecule has 3 aromatic rings. The van der Waals surface area contributed by atoms with E-state index in [9.17, 15) is 14.7 Å². The maximum absolute atomic E-state index is 12.6. The van der Waals surface area contributed by atoms with Crippen molar-refractivity contribution in [2.75, 3.05) is 61.1 Å². The van der Waals surface area contributed by atoms with E-state index in [0.29, 0.717) is 50.1 Å². The van der Waals surface area contributed by atoms with Gasteiger partial charge in [0, 0.05) is 42.8 Å². The van der Waals surface area contributed by atoms with Crippen molar-refractivity contribution in [3.63, 3.8) is 0 Å². The van der Waals surface area contributed by atoms with Gasteiger partial charge in [-0.1, -0.05) is 0 Å². The van der Waals surface area contributed by atoms with E-state index < -0.39 is 5.60 Å². The largest absolute Gasteiger partial charge is 0.462 e. The number of aliphatic hydroxyl groups is 1. The molecule has 214 valence electrons. The van der Waals surface area contributed by atoms with Crippen LogP contribution in [0.25, 0.3) is 10.2 Å². The fourth-order valence-electron chi connectivity index (χ4n) is 4.82. The normalized spacial score (nSPS) is 16.7. The predicted molar refractivity (Wildman–Crippen MR) is 155 cm³/mol. The molecule has 12 heteroatoms. The van der Waals surface area contributed by atoms with E-state index >= 15 is 0 Å². The molecule has 0 unspecified atom stereocenters. The number of hydrogen-bond donors (Lipinski definition) is 3. The minimum atomic E-state index is -0.957. The van der Waals surface area contributed by atoms with Crippen molar-refractivity contribution in [3.8, 4) is 0 Å². The van der Waals surface area contributed by atoms with Gasteiger partial charge in [0.15, 0.2) is 5.82 Å². The molecule has 5 rings (SSSR count). The molecule has 11 nitrogen and oxygen atoms in total. The average molecular weight is 569 g/mol. The minimum absolute atomic E-state index is 0.0143. The number of aromatic nitrogens is 2. The van der Waals surface area contributed by atoms with Gasteiger partial charge in [-0.25, -0.2) is 14.6 Å². The molecule has 0 atom stereocenters. The summed E-state index contributed by atoms with van der Waals surface area (Å²) in [6.45, 7) is 9.87. The van der Waals surface area contributed by atoms with Crippen LogP contribution < -0.4 is 20.4 Å². The minimum Gasteiger partial charge on any atom is -0.462 e. The SMILES string of the molecule is CCOC(=O)c1ccc(NC(=O)NC2CCN(c3nc(N4CCOCC4)c4sc(C(C)(C)O)cc4n3)CC2)cc1. The molecule has 0 bridgehead atoms. The Hall–Kier alpha value is -3.48. The lowest BCUT2D eigenvalue weighted by Crippen LogP contribution is -2.46. The monoisotopic (exact) mass is 568 g/mol. The summed E-state index contributed by atoms with van der Waals surface area (Å²) >= 11 is 1.54. The fourth-order valence-corrected chi connectivity index (χ4v) is 5.93. The first-order valence-electron chi connectivity index (χ1n) is 13.7. The van der Waals surface area contributed by atoms with Gasteiger partial charge >= 0.3 is 12.0 Å². The Balaban J connectivity index is 1.23. The number of amides is 2. The highest BCUT2D eigenvalue weighted by atomic mass is 32.1. The van der Waals surface area contributed by atoms with Gasteiger partial charge in [-0.05, 0) is 63.9 Å². The second kappa shape index (κ2) is 11.9. The van der Waals surface area contributed by atoms with Crippen LogP contribution in [0.15, 0.2) is 30.3 Å². The number of anilines is 3. The van der Waals surface area contributed by atoms with Crippen molar-refractivity contribution in [2.24, 2.45) is 0 Å². The van der Waals surface area contributed by atoms with Crippen LogP contribution >= 0.6 is 11.3 Å². The number of hydrogen-bond acceptors (Lipinski definition) is 10. The lowest BCUT2D eigenvalue weighted by atomic mass is 10.1. The smallest absolute Gasteiger partial charge is 0.338 e. The molecular weight excluding hydrogens is 532 g/mol. The van der Waals surface area contributed by atoms with E-state index in [4.69, 9.17) is 19.4 Å². The molecule has 0 saturated carbocycles. The summed E-state index contributed by atoms with van der Waals surface area (Å²) in [4.78, 5) is 39.6. The van der Waals surface area contributed by atoms with Crippen LogP contribution in [0.3, 0.4) is 0 Å². The van der Waals surface area contributed by atoms with Crippen LogP contribution in [-0.2, 0) is 15.1 Å². The van der Waals surface area contributed by atoms with Crippen molar-refractivity contribution in [3.05, 3.63) is 40.8 Å². The number of morpholine rings is 1. The van der Waals surface area contributed by atoms with Gasteiger partial charge in [0.2, 0.25) is 5.95 Å². The number of rotatable bonds is 7. The summed E-state index contributed by atoms with van der Waals surface area (Å²) in [6, 6.07) is 8.32. The van der Waals surface area contributed by atoms with Gasteiger partial charge in [-0.2, -0.15) is 4.98 Å². The zero-order valence-corrected chi connectivity index (χ0v) is 23.9. The number of piperidine rings is 1. The molecule has 2 fully saturated rings. The first kappa shape index (κ1) is 28.1. The number of benzene rings is 1. The molecular formula is C28H36N6O5S. The summed E-state index contributed by atoms with van der Waals surface area (Å²) in [5, 5.41) is 16.5. The lowest BCUT2D eigenvalue weighted by Gasteiger charge is -2.33. The number of esters is 1. The highest BCUT2D eigenvalue weighted by molar-refractivity contribution is 7.19. The third kappa shape index (κ3) is 6.45. The van der Waals surface area contributed by atoms with Crippen molar-refractivity contribution >= 4 is 51.0 Å². The van der Waals surface area contributed by atoms with E-state index in [-0.39, 0.29) is 18.0 Å². The van der Waals surface area contributed by atoms with Gasteiger partial charge in [0.1, 0.15) is 0 Å². The molecule has 0 aliphatic carbocycles. The zero-order valence-electron chi connectivity index (χ0n) is 23.1. The third-order valence-electron chi connectivity index (χ3n) is 7.02. The number of nitrogens with one attached hydrogen (secondary N) is 2. The van der Waals surface area contributed by atoms with Crippen molar-refractivity contribution in [1.82, 2.24) is 15.3 Å². The molecule has 0 radical (unpaired) electrons. The van der Waals surface area contributed by atoms with Gasteiger partial charge in [0.05, 0.1) is 41.2 Å². The summed E-state index contributed by atoms with van der Waals surface area (Å²) in [6.07, 6.45) is 1.50. The van der Waals surface area contributed by atoms with E-state index in [1.807, 2.05) is 6.07 Å². The third-order valence-corrected chi connectivity index (χ3v) is 8.46. The Kier molecular flexibility index (Phi) is 8.38. The second-order valence-electron chi connectivity index (χ2n) is 10.5. The molecule has 0 spiro atoms. The Morgan fingerprint density at radius 2 is 1.80 bits per heavy atom. The Labute approximate surface area is 237 Å². The summed E-state index contributed by atoms with van der Waals surface area (Å²) in [5.41, 5.74) is 0.918. The van der Waals surface area contributed by atoms with Gasteiger partial charge in [0.25, 0.3) is 0 Å². The lowest BCUT2D eigenvalue weighted by molar-refractivity contribution is 0.0526. The van der Waals surface area contributed by atoms with Crippen LogP contribution in [0, 0.1) is 0 Å². The van der Waals surface area contributed by atoms with Gasteiger partial charge < -0.3 is 35.0 Å². The first-order chi connectivity index (χ1) is 19.2. The number of urea groups is 1. The molecule has 40 heavy (non-hydrogen) atoms. The molecule has 2 saturated heterocycles. The van der Waals surface area contributed by atoms with Crippen LogP contribution in [0.4, 0.5) is 22.2 Å². The van der Waals surface area contributed by atoms with Crippen molar-refractivity contribution in [1.29, 1.82) is 0 Å². The zero-order chi connectivity index (χ0) is 28.3. The maximum atomic E-state index is 12.6. The molecule has 4 heterocycles. The summed E-state index contributed by atoms with van der Waals surface area (Å²) in [5.74, 6) is 1.17. The highest BCUT2D eigenvalue weighted by Crippen LogP contribution is 2.38. The van der Waals surface area contributed by atoms with E-state index in [0.717, 1.165) is 46.8 Å². The topological polar surface area (TPSA) is 129 Å². The quantitative estimate of drug-likeness (QED) is 0.365. The first-order valence-corrected chi connectivity index (χ1v) is 14.5. The molecule has 3 N–H and O–H groups in total. The second-order valence-corrected chi connectivity index (χ2v) is 11.5. The Morgan fingerprint density at radius 1 is 1.10 bits per heavy atom. The molecule has 2 amide bonds.